The van der Waals surface area contributed by atoms with Crippen LogP contribution in [0.5, 0.6) is 0 Å². The number of rotatable bonds is 7. The molecule has 9 heteroatoms. The third kappa shape index (κ3) is 3.62. The number of nitrogens with two attached hydrogens (primary N) is 1. The molecule has 0 aliphatic heterocycles. The maximum Gasteiger partial charge on any atom is 0.277 e. The lowest BCUT2D eigenvalue weighted by Gasteiger charge is -1.99. The van der Waals surface area contributed by atoms with Gasteiger partial charge in [0.1, 0.15) is 0 Å². The number of hydrogen-bond acceptors (Lipinski definition) is 6. The van der Waals surface area contributed by atoms with Crippen LogP contribution in [-0.2, 0) is 17.8 Å². The van der Waals surface area contributed by atoms with Crippen molar-refractivity contribution in [3.63, 3.8) is 0 Å². The molecule has 2 rings (SSSR count). The Morgan fingerprint density at radius 1 is 1.40 bits per heavy atom. The zero-order valence-electron chi connectivity index (χ0n) is 11.2. The predicted molar refractivity (Wildman–Crippen MR) is 71.1 cm³/mol. The van der Waals surface area contributed by atoms with Crippen molar-refractivity contribution in [3.05, 3.63) is 24.3 Å². The van der Waals surface area contributed by atoms with Crippen molar-refractivity contribution in [1.82, 2.24) is 24.8 Å². The Hall–Kier alpha value is -2.26. The van der Waals surface area contributed by atoms with Crippen LogP contribution in [0.25, 0.3) is 0 Å². The molecule has 108 valence electrons. The van der Waals surface area contributed by atoms with Crippen LogP contribution in [0.4, 0.5) is 5.69 Å². The summed E-state index contributed by atoms with van der Waals surface area (Å²) in [6.07, 6.45) is 4.84. The van der Waals surface area contributed by atoms with Gasteiger partial charge in [0, 0.05) is 19.9 Å². The van der Waals surface area contributed by atoms with Crippen LogP contribution < -0.4 is 11.1 Å². The van der Waals surface area contributed by atoms with Crippen LogP contribution in [0.15, 0.2) is 18.6 Å². The number of hydrogen-bond donors (Lipinski definition) is 2. The van der Waals surface area contributed by atoms with Gasteiger partial charge in [0.25, 0.3) is 5.91 Å². The highest BCUT2D eigenvalue weighted by atomic mass is 16.5. The van der Waals surface area contributed by atoms with Crippen LogP contribution in [-0.4, -0.2) is 50.9 Å². The van der Waals surface area contributed by atoms with E-state index in [1.807, 2.05) is 0 Å². The average molecular weight is 279 g/mol. The van der Waals surface area contributed by atoms with Crippen LogP contribution >= 0.6 is 0 Å². The van der Waals surface area contributed by atoms with Crippen molar-refractivity contribution in [2.45, 2.75) is 13.1 Å². The molecule has 1 amide bonds. The van der Waals surface area contributed by atoms with E-state index in [1.54, 1.807) is 30.4 Å². The molecule has 0 atom stereocenters. The molecule has 0 saturated carbocycles. The summed E-state index contributed by atoms with van der Waals surface area (Å²) in [6, 6.07) is 0. The molecule has 2 aromatic rings. The van der Waals surface area contributed by atoms with Gasteiger partial charge in [0.15, 0.2) is 5.69 Å². The Morgan fingerprint density at radius 3 is 3.00 bits per heavy atom. The van der Waals surface area contributed by atoms with Crippen molar-refractivity contribution in [2.24, 2.45) is 5.73 Å². The summed E-state index contributed by atoms with van der Waals surface area (Å²) in [6.45, 7) is 2.15. The minimum atomic E-state index is -0.334. The van der Waals surface area contributed by atoms with Crippen molar-refractivity contribution in [1.29, 1.82) is 0 Å². The summed E-state index contributed by atoms with van der Waals surface area (Å²) in [5.74, 6) is -0.334. The van der Waals surface area contributed by atoms with Gasteiger partial charge in [-0.25, -0.2) is 0 Å². The fourth-order valence-corrected chi connectivity index (χ4v) is 1.57. The summed E-state index contributed by atoms with van der Waals surface area (Å²) in [4.78, 5) is 11.9. The number of carbonyl (C=O) groups excluding carboxylic acids is 1. The fourth-order valence-electron chi connectivity index (χ4n) is 1.57. The topological polar surface area (TPSA) is 113 Å². The van der Waals surface area contributed by atoms with Gasteiger partial charge in [-0.2, -0.15) is 5.10 Å². The van der Waals surface area contributed by atoms with E-state index >= 15 is 0 Å². The summed E-state index contributed by atoms with van der Waals surface area (Å²) < 4.78 is 8.16. The molecule has 20 heavy (non-hydrogen) atoms. The van der Waals surface area contributed by atoms with E-state index in [2.05, 4.69) is 20.7 Å². The molecule has 9 nitrogen and oxygen atoms in total. The van der Waals surface area contributed by atoms with E-state index in [0.717, 1.165) is 0 Å². The Balaban J connectivity index is 1.94. The minimum absolute atomic E-state index is 0.239. The molecule has 2 aromatic heterocycles. The summed E-state index contributed by atoms with van der Waals surface area (Å²) in [5.41, 5.74) is 6.24. The van der Waals surface area contributed by atoms with Crippen LogP contribution in [0.3, 0.4) is 0 Å². The first-order chi connectivity index (χ1) is 9.72. The zero-order valence-corrected chi connectivity index (χ0v) is 11.2. The normalized spacial score (nSPS) is 10.7. The first kappa shape index (κ1) is 14.2. The highest BCUT2D eigenvalue weighted by Gasteiger charge is 2.11. The maximum absolute atomic E-state index is 11.9. The van der Waals surface area contributed by atoms with E-state index in [4.69, 9.17) is 10.5 Å². The number of aromatic nitrogens is 5. The van der Waals surface area contributed by atoms with Crippen LogP contribution in [0, 0.1) is 0 Å². The molecule has 0 spiro atoms. The number of amides is 1. The Morgan fingerprint density at radius 2 is 2.25 bits per heavy atom. The van der Waals surface area contributed by atoms with E-state index in [-0.39, 0.29) is 11.6 Å². The molecule has 0 radical (unpaired) electrons. The maximum atomic E-state index is 11.9. The van der Waals surface area contributed by atoms with Gasteiger partial charge in [0.2, 0.25) is 0 Å². The first-order valence-electron chi connectivity index (χ1n) is 6.16. The van der Waals surface area contributed by atoms with E-state index in [0.29, 0.717) is 31.9 Å². The molecule has 0 aromatic carbocycles. The van der Waals surface area contributed by atoms with Crippen LogP contribution in [0.1, 0.15) is 10.5 Å². The third-order valence-corrected chi connectivity index (χ3v) is 2.55. The van der Waals surface area contributed by atoms with Gasteiger partial charge in [-0.15, -0.1) is 5.10 Å². The summed E-state index contributed by atoms with van der Waals surface area (Å²) in [7, 11) is 1.62. The van der Waals surface area contributed by atoms with Gasteiger partial charge in [0.05, 0.1) is 37.8 Å². The molecule has 0 fully saturated rings. The molecule has 2 heterocycles. The second kappa shape index (κ2) is 6.78. The van der Waals surface area contributed by atoms with Gasteiger partial charge < -0.3 is 15.8 Å². The lowest BCUT2D eigenvalue weighted by molar-refractivity contribution is 0.102. The second-order valence-corrected chi connectivity index (χ2v) is 4.09. The number of anilines is 1. The van der Waals surface area contributed by atoms with Crippen molar-refractivity contribution in [2.75, 3.05) is 25.6 Å². The van der Waals surface area contributed by atoms with Gasteiger partial charge in [-0.3, -0.25) is 14.2 Å². The molecular weight excluding hydrogens is 262 g/mol. The van der Waals surface area contributed by atoms with E-state index < -0.39 is 0 Å². The number of nitrogens with one attached hydrogen (secondary N) is 1. The zero-order chi connectivity index (χ0) is 14.4. The molecule has 3 N–H and O–H groups in total. The molecule has 0 bridgehead atoms. The van der Waals surface area contributed by atoms with Gasteiger partial charge in [-0.1, -0.05) is 5.21 Å². The van der Waals surface area contributed by atoms with Crippen molar-refractivity contribution < 1.29 is 9.53 Å². The smallest absolute Gasteiger partial charge is 0.277 e. The number of carbonyl (C=O) groups is 1. The molecular formula is C11H17N7O2. The largest absolute Gasteiger partial charge is 0.383 e. The SMILES string of the molecule is COCCn1cc(NC(=O)c2cn(CCN)nn2)cn1. The van der Waals surface area contributed by atoms with Crippen molar-refractivity contribution >= 4 is 11.6 Å². The van der Waals surface area contributed by atoms with Crippen molar-refractivity contribution in [3.8, 4) is 0 Å². The van der Waals surface area contributed by atoms with E-state index in [9.17, 15) is 4.79 Å². The van der Waals surface area contributed by atoms with Gasteiger partial charge in [-0.05, 0) is 0 Å². The van der Waals surface area contributed by atoms with Crippen LogP contribution in [0.2, 0.25) is 0 Å². The highest BCUT2D eigenvalue weighted by molar-refractivity contribution is 6.02. The quantitative estimate of drug-likeness (QED) is 0.695. The predicted octanol–water partition coefficient (Wildman–Crippen LogP) is -0.668. The molecule has 0 unspecified atom stereocenters. The lowest BCUT2D eigenvalue weighted by Crippen LogP contribution is -2.12. The molecule has 0 saturated heterocycles. The van der Waals surface area contributed by atoms with Gasteiger partial charge >= 0.3 is 0 Å². The van der Waals surface area contributed by atoms with E-state index in [1.165, 1.54) is 4.68 Å². The average Bonchev–Trinajstić information content (AvgIpc) is 3.06. The molecule has 0 aliphatic carbocycles. The monoisotopic (exact) mass is 279 g/mol. The Bertz CT molecular complexity index is 563. The Kier molecular flexibility index (Phi) is 4.80. The number of ether oxygens (including phenoxy) is 1. The highest BCUT2D eigenvalue weighted by Crippen LogP contribution is 2.06. The molecule has 0 aliphatic rings. The summed E-state index contributed by atoms with van der Waals surface area (Å²) >= 11 is 0. The number of nitrogens with zero attached hydrogens (tertiary/aromatic N) is 5. The fraction of sp³-hybridized carbons (Fsp3) is 0.455. The third-order valence-electron chi connectivity index (χ3n) is 2.55. The first-order valence-corrected chi connectivity index (χ1v) is 6.16. The Labute approximate surface area is 115 Å². The minimum Gasteiger partial charge on any atom is -0.383 e. The number of methoxy groups -OCH3 is 1. The standard InChI is InChI=1S/C11H17N7O2/c1-20-5-4-17-7-9(6-13-17)14-11(19)10-8-18(3-2-12)16-15-10/h6-8H,2-5,12H2,1H3,(H,14,19). The lowest BCUT2D eigenvalue weighted by atomic mass is 10.4. The second-order valence-electron chi connectivity index (χ2n) is 4.09. The summed E-state index contributed by atoms with van der Waals surface area (Å²) in [5, 5.41) is 14.4.